The van der Waals surface area contributed by atoms with Crippen LogP contribution in [0.2, 0.25) is 0 Å². The van der Waals surface area contributed by atoms with E-state index in [0.717, 1.165) is 31.9 Å². The summed E-state index contributed by atoms with van der Waals surface area (Å²) in [6.07, 6.45) is 7.88. The average Bonchev–Trinajstić information content (AvgIpc) is 2.79. The van der Waals surface area contributed by atoms with Gasteiger partial charge in [-0.1, -0.05) is 25.7 Å². The van der Waals surface area contributed by atoms with Crippen LogP contribution in [0.1, 0.15) is 38.5 Å². The number of hydrogen-bond acceptors (Lipinski definition) is 5. The zero-order chi connectivity index (χ0) is 15.3. The number of hydrogen-bond donors (Lipinski definition) is 2. The van der Waals surface area contributed by atoms with Gasteiger partial charge in [0.15, 0.2) is 0 Å². The Morgan fingerprint density at radius 3 is 2.67 bits per heavy atom. The van der Waals surface area contributed by atoms with Crippen molar-refractivity contribution in [3.8, 4) is 0 Å². The minimum absolute atomic E-state index is 0.0933. The highest BCUT2D eigenvalue weighted by molar-refractivity contribution is 5.75. The second kappa shape index (κ2) is 6.66. The van der Waals surface area contributed by atoms with Gasteiger partial charge in [0, 0.05) is 6.54 Å². The molecule has 2 N–H and O–H groups in total. The topological polar surface area (TPSA) is 110 Å². The van der Waals surface area contributed by atoms with Crippen LogP contribution in [0, 0.1) is 10.1 Å². The molecule has 1 aromatic heterocycles. The maximum Gasteiger partial charge on any atom is 0.307 e. The summed E-state index contributed by atoms with van der Waals surface area (Å²) < 4.78 is 1.21. The molecule has 1 saturated carbocycles. The van der Waals surface area contributed by atoms with E-state index >= 15 is 0 Å². The molecule has 8 nitrogen and oxygen atoms in total. The van der Waals surface area contributed by atoms with E-state index in [0.29, 0.717) is 12.8 Å². The molecule has 1 aromatic rings. The van der Waals surface area contributed by atoms with Crippen LogP contribution in [0.3, 0.4) is 0 Å². The Hall–Kier alpha value is -1.96. The second-order valence-corrected chi connectivity index (χ2v) is 5.57. The number of carbonyl (C=O) groups is 1. The Morgan fingerprint density at radius 1 is 1.43 bits per heavy atom. The highest BCUT2D eigenvalue weighted by Gasteiger charge is 2.28. The van der Waals surface area contributed by atoms with Crippen molar-refractivity contribution < 1.29 is 14.8 Å². The number of amides is 1. The van der Waals surface area contributed by atoms with Crippen molar-refractivity contribution in [3.05, 3.63) is 22.5 Å². The molecule has 1 aliphatic rings. The molecule has 0 radical (unpaired) electrons. The highest BCUT2D eigenvalue weighted by atomic mass is 16.6. The Morgan fingerprint density at radius 2 is 2.10 bits per heavy atom. The van der Waals surface area contributed by atoms with Crippen molar-refractivity contribution in [1.29, 1.82) is 0 Å². The van der Waals surface area contributed by atoms with Gasteiger partial charge in [-0.2, -0.15) is 5.10 Å². The van der Waals surface area contributed by atoms with E-state index in [9.17, 15) is 20.0 Å². The lowest BCUT2D eigenvalue weighted by Gasteiger charge is -2.26. The molecule has 1 heterocycles. The number of nitrogens with zero attached hydrogens (tertiary/aromatic N) is 3. The van der Waals surface area contributed by atoms with Crippen LogP contribution in [0.4, 0.5) is 5.69 Å². The first-order chi connectivity index (χ1) is 9.98. The molecule has 0 aliphatic heterocycles. The molecule has 1 aliphatic carbocycles. The first kappa shape index (κ1) is 15.4. The van der Waals surface area contributed by atoms with Gasteiger partial charge in [0.2, 0.25) is 5.91 Å². The minimum Gasteiger partial charge on any atom is -0.388 e. The number of nitrogens with one attached hydrogen (secondary N) is 1. The number of aromatic nitrogens is 2. The SMILES string of the molecule is O=C(Cn1cc([N+](=O)[O-])cn1)NCC1(O)CCCCCC1. The predicted octanol–water partition coefficient (Wildman–Crippen LogP) is 0.993. The fraction of sp³-hybridized carbons (Fsp3) is 0.692. The van der Waals surface area contributed by atoms with Gasteiger partial charge in [0.25, 0.3) is 0 Å². The minimum atomic E-state index is -0.831. The molecule has 1 fully saturated rings. The normalized spacial score (nSPS) is 18.0. The smallest absolute Gasteiger partial charge is 0.307 e. The molecule has 0 saturated heterocycles. The van der Waals surface area contributed by atoms with E-state index in [2.05, 4.69) is 10.4 Å². The van der Waals surface area contributed by atoms with Crippen LogP contribution in [0.15, 0.2) is 12.4 Å². The van der Waals surface area contributed by atoms with E-state index in [1.54, 1.807) is 0 Å². The maximum atomic E-state index is 11.8. The molecule has 1 amide bonds. The molecule has 0 unspecified atom stereocenters. The molecular weight excluding hydrogens is 276 g/mol. The number of nitro groups is 1. The average molecular weight is 296 g/mol. The third-order valence-electron chi connectivity index (χ3n) is 3.78. The summed E-state index contributed by atoms with van der Waals surface area (Å²) in [5.74, 6) is -0.314. The van der Waals surface area contributed by atoms with Crippen LogP contribution >= 0.6 is 0 Å². The largest absolute Gasteiger partial charge is 0.388 e. The summed E-state index contributed by atoms with van der Waals surface area (Å²) in [5, 5.41) is 27.4. The third kappa shape index (κ3) is 4.52. The fourth-order valence-electron chi connectivity index (χ4n) is 2.56. The number of carbonyl (C=O) groups excluding carboxylic acids is 1. The maximum absolute atomic E-state index is 11.8. The lowest BCUT2D eigenvalue weighted by molar-refractivity contribution is -0.385. The Balaban J connectivity index is 1.82. The molecule has 0 bridgehead atoms. The molecule has 116 valence electrons. The van der Waals surface area contributed by atoms with Gasteiger partial charge in [-0.15, -0.1) is 0 Å². The number of rotatable bonds is 5. The summed E-state index contributed by atoms with van der Waals surface area (Å²) in [6, 6.07) is 0. The van der Waals surface area contributed by atoms with Crippen LogP contribution < -0.4 is 5.32 Å². The first-order valence-electron chi connectivity index (χ1n) is 7.14. The van der Waals surface area contributed by atoms with Crippen molar-refractivity contribution in [1.82, 2.24) is 15.1 Å². The van der Waals surface area contributed by atoms with Gasteiger partial charge >= 0.3 is 5.69 Å². The van der Waals surface area contributed by atoms with Gasteiger partial charge in [-0.25, -0.2) is 0 Å². The second-order valence-electron chi connectivity index (χ2n) is 5.57. The van der Waals surface area contributed by atoms with Crippen molar-refractivity contribution in [2.45, 2.75) is 50.7 Å². The van der Waals surface area contributed by atoms with Crippen LogP contribution in [-0.2, 0) is 11.3 Å². The molecule has 8 heteroatoms. The predicted molar refractivity (Wildman–Crippen MR) is 74.5 cm³/mol. The van der Waals surface area contributed by atoms with Crippen LogP contribution in [0.25, 0.3) is 0 Å². The molecular formula is C13H20N4O4. The summed E-state index contributed by atoms with van der Waals surface area (Å²) in [5.41, 5.74) is -0.979. The van der Waals surface area contributed by atoms with E-state index in [1.165, 1.54) is 10.9 Å². The van der Waals surface area contributed by atoms with Crippen LogP contribution in [-0.4, -0.2) is 37.9 Å². The van der Waals surface area contributed by atoms with Crippen molar-refractivity contribution >= 4 is 11.6 Å². The monoisotopic (exact) mass is 296 g/mol. The van der Waals surface area contributed by atoms with Gasteiger partial charge in [0.05, 0.1) is 10.5 Å². The van der Waals surface area contributed by atoms with E-state index < -0.39 is 10.5 Å². The summed E-state index contributed by atoms with van der Waals surface area (Å²) in [4.78, 5) is 21.8. The molecule has 2 rings (SSSR count). The number of aliphatic hydroxyl groups is 1. The van der Waals surface area contributed by atoms with Gasteiger partial charge in [-0.05, 0) is 12.8 Å². The van der Waals surface area contributed by atoms with Crippen molar-refractivity contribution in [2.24, 2.45) is 0 Å². The molecule has 21 heavy (non-hydrogen) atoms. The molecule has 0 spiro atoms. The fourth-order valence-corrected chi connectivity index (χ4v) is 2.56. The Bertz CT molecular complexity index is 506. The zero-order valence-corrected chi connectivity index (χ0v) is 11.8. The molecule has 0 aromatic carbocycles. The van der Waals surface area contributed by atoms with Crippen molar-refractivity contribution in [3.63, 3.8) is 0 Å². The van der Waals surface area contributed by atoms with Crippen LogP contribution in [0.5, 0.6) is 0 Å². The zero-order valence-electron chi connectivity index (χ0n) is 11.8. The molecule has 0 atom stereocenters. The summed E-state index contributed by atoms with van der Waals surface area (Å²) in [6.45, 7) is 0.124. The van der Waals surface area contributed by atoms with Gasteiger partial charge in [0.1, 0.15) is 18.9 Å². The lowest BCUT2D eigenvalue weighted by Crippen LogP contribution is -2.43. The van der Waals surface area contributed by atoms with Crippen molar-refractivity contribution in [2.75, 3.05) is 6.54 Å². The quantitative estimate of drug-likeness (QED) is 0.478. The first-order valence-corrected chi connectivity index (χ1v) is 7.14. The standard InChI is InChI=1S/C13H20N4O4/c18-12(9-16-8-11(7-15-16)17(20)21)14-10-13(19)5-3-1-2-4-6-13/h7-8,19H,1-6,9-10H2,(H,14,18). The van der Waals surface area contributed by atoms with Gasteiger partial charge < -0.3 is 10.4 Å². The third-order valence-corrected chi connectivity index (χ3v) is 3.78. The highest BCUT2D eigenvalue weighted by Crippen LogP contribution is 2.26. The van der Waals surface area contributed by atoms with E-state index in [4.69, 9.17) is 0 Å². The lowest BCUT2D eigenvalue weighted by atomic mass is 9.94. The summed E-state index contributed by atoms with van der Waals surface area (Å²) in [7, 11) is 0. The van der Waals surface area contributed by atoms with E-state index in [-0.39, 0.29) is 24.7 Å². The van der Waals surface area contributed by atoms with Gasteiger partial charge in [-0.3, -0.25) is 19.6 Å². The Labute approximate surface area is 122 Å². The van der Waals surface area contributed by atoms with E-state index in [1.807, 2.05) is 0 Å². The Kier molecular flexibility index (Phi) is 4.89. The summed E-state index contributed by atoms with van der Waals surface area (Å²) >= 11 is 0.